The molecule has 3 rings (SSSR count). The molecule has 0 N–H and O–H groups in total. The molecule has 0 radical (unpaired) electrons. The van der Waals surface area contributed by atoms with Crippen LogP contribution in [0.5, 0.6) is 0 Å². The summed E-state index contributed by atoms with van der Waals surface area (Å²) in [6.07, 6.45) is 2.60. The number of carbonyl (C=O) groups is 2. The molecule has 1 unspecified atom stereocenters. The fraction of sp³-hybridized carbons (Fsp3) is 0.722. The molecule has 2 fully saturated rings. The van der Waals surface area contributed by atoms with E-state index in [-0.39, 0.29) is 17.9 Å². The van der Waals surface area contributed by atoms with E-state index < -0.39 is 5.60 Å². The molecular weight excluding hydrogens is 338 g/mol. The van der Waals surface area contributed by atoms with Crippen LogP contribution in [0.3, 0.4) is 0 Å². The third kappa shape index (κ3) is 3.44. The van der Waals surface area contributed by atoms with E-state index in [9.17, 15) is 9.59 Å². The molecule has 1 spiro atoms. The highest BCUT2D eigenvalue weighted by Crippen LogP contribution is 2.32. The number of carbonyl (C=O) groups excluding carboxylic acids is 2. The van der Waals surface area contributed by atoms with Crippen molar-refractivity contribution in [2.45, 2.75) is 58.6 Å². The number of rotatable bonds is 2. The number of hydrogen-bond acceptors (Lipinski definition) is 5. The Balaban J connectivity index is 1.85. The number of likely N-dealkylation sites (tertiary alicyclic amines) is 1. The van der Waals surface area contributed by atoms with E-state index in [2.05, 4.69) is 4.98 Å². The normalized spacial score (nSPS) is 24.9. The van der Waals surface area contributed by atoms with Crippen molar-refractivity contribution in [1.82, 2.24) is 14.8 Å². The topological polar surface area (TPSA) is 62.7 Å². The zero-order chi connectivity index (χ0) is 18.2. The molecule has 1 aromatic rings. The van der Waals surface area contributed by atoms with Crippen LogP contribution in [0.25, 0.3) is 0 Å². The van der Waals surface area contributed by atoms with E-state index >= 15 is 0 Å². The Labute approximate surface area is 153 Å². The van der Waals surface area contributed by atoms with Crippen LogP contribution >= 0.6 is 11.3 Å². The third-order valence-corrected chi connectivity index (χ3v) is 6.14. The van der Waals surface area contributed by atoms with Crippen LogP contribution in [0.2, 0.25) is 0 Å². The Bertz CT molecular complexity index is 673. The first kappa shape index (κ1) is 18.3. The predicted octanol–water partition coefficient (Wildman–Crippen LogP) is 2.39. The van der Waals surface area contributed by atoms with Crippen molar-refractivity contribution < 1.29 is 14.3 Å². The Morgan fingerprint density at radius 1 is 1.28 bits per heavy atom. The smallest absolute Gasteiger partial charge is 0.266 e. The molecule has 2 aliphatic rings. The summed E-state index contributed by atoms with van der Waals surface area (Å²) in [5.74, 6) is 0.00799. The van der Waals surface area contributed by atoms with Gasteiger partial charge in [0, 0.05) is 19.1 Å². The second-order valence-electron chi connectivity index (χ2n) is 7.27. The zero-order valence-electron chi connectivity index (χ0n) is 15.5. The average molecular weight is 365 g/mol. The van der Waals surface area contributed by atoms with E-state index in [0.29, 0.717) is 31.0 Å². The van der Waals surface area contributed by atoms with Crippen LogP contribution in [0.1, 0.15) is 53.5 Å². The van der Waals surface area contributed by atoms with Crippen LogP contribution < -0.4 is 0 Å². The van der Waals surface area contributed by atoms with E-state index in [1.54, 1.807) is 4.90 Å². The van der Waals surface area contributed by atoms with Crippen LogP contribution in [-0.4, -0.2) is 64.5 Å². The Morgan fingerprint density at radius 2 is 2.04 bits per heavy atom. The summed E-state index contributed by atoms with van der Waals surface area (Å²) < 4.78 is 6.03. The second-order valence-corrected chi connectivity index (χ2v) is 8.47. The van der Waals surface area contributed by atoms with Gasteiger partial charge in [0.1, 0.15) is 4.88 Å². The minimum Gasteiger partial charge on any atom is -0.361 e. The highest BCUT2D eigenvalue weighted by atomic mass is 32.1. The summed E-state index contributed by atoms with van der Waals surface area (Å²) in [5, 5.41) is 0.889. The Morgan fingerprint density at radius 3 is 2.68 bits per heavy atom. The minimum atomic E-state index is -0.887. The molecular formula is C18H27N3O3S. The van der Waals surface area contributed by atoms with Gasteiger partial charge in [-0.1, -0.05) is 0 Å². The molecule has 0 aromatic carbocycles. The van der Waals surface area contributed by atoms with E-state index in [1.807, 2.05) is 32.6 Å². The summed E-state index contributed by atoms with van der Waals surface area (Å²) in [6.45, 7) is 9.87. The Kier molecular flexibility index (Phi) is 5.16. The molecule has 7 heteroatoms. The van der Waals surface area contributed by atoms with Gasteiger partial charge in [0.2, 0.25) is 0 Å². The fourth-order valence-corrected chi connectivity index (χ4v) is 4.65. The number of hydrogen-bond donors (Lipinski definition) is 0. The molecule has 1 atom stereocenters. The van der Waals surface area contributed by atoms with E-state index in [1.165, 1.54) is 11.3 Å². The molecule has 2 aliphatic heterocycles. The summed E-state index contributed by atoms with van der Waals surface area (Å²) in [6, 6.07) is 0.142. The quantitative estimate of drug-likeness (QED) is 0.807. The first-order chi connectivity index (χ1) is 11.8. The van der Waals surface area contributed by atoms with Gasteiger partial charge in [-0.3, -0.25) is 9.59 Å². The van der Waals surface area contributed by atoms with Gasteiger partial charge < -0.3 is 14.5 Å². The van der Waals surface area contributed by atoms with Gasteiger partial charge >= 0.3 is 0 Å². The van der Waals surface area contributed by atoms with Gasteiger partial charge in [-0.15, -0.1) is 11.3 Å². The third-order valence-electron chi connectivity index (χ3n) is 5.07. The van der Waals surface area contributed by atoms with Gasteiger partial charge in [0.15, 0.2) is 5.60 Å². The maximum atomic E-state index is 13.2. The summed E-state index contributed by atoms with van der Waals surface area (Å²) in [5.41, 5.74) is -0.119. The standard InChI is InChI=1S/C18H27N3O3S/c1-12(2)21-8-6-5-7-18(17(21)23)11-20(9-10-24-18)16(22)15-13(3)19-14(4)25-15/h12H,5-11H2,1-4H3. The lowest BCUT2D eigenvalue weighted by Crippen LogP contribution is -2.61. The molecule has 0 bridgehead atoms. The predicted molar refractivity (Wildman–Crippen MR) is 96.9 cm³/mol. The van der Waals surface area contributed by atoms with Gasteiger partial charge in [-0.05, 0) is 47.0 Å². The maximum absolute atomic E-state index is 13.2. The van der Waals surface area contributed by atoms with Gasteiger partial charge in [-0.2, -0.15) is 0 Å². The van der Waals surface area contributed by atoms with Crippen molar-refractivity contribution in [3.63, 3.8) is 0 Å². The van der Waals surface area contributed by atoms with Gasteiger partial charge in [0.25, 0.3) is 11.8 Å². The van der Waals surface area contributed by atoms with E-state index in [0.717, 1.165) is 30.1 Å². The van der Waals surface area contributed by atoms with Crippen LogP contribution in [-0.2, 0) is 9.53 Å². The van der Waals surface area contributed by atoms with Crippen LogP contribution in [0.15, 0.2) is 0 Å². The highest BCUT2D eigenvalue weighted by Gasteiger charge is 2.48. The van der Waals surface area contributed by atoms with Gasteiger partial charge in [0.05, 0.1) is 23.9 Å². The van der Waals surface area contributed by atoms with Crippen molar-refractivity contribution in [2.75, 3.05) is 26.2 Å². The number of aromatic nitrogens is 1. The lowest BCUT2D eigenvalue weighted by Gasteiger charge is -2.43. The molecule has 138 valence electrons. The number of morpholine rings is 1. The number of nitrogens with zero attached hydrogens (tertiary/aromatic N) is 3. The summed E-state index contributed by atoms with van der Waals surface area (Å²) in [7, 11) is 0. The summed E-state index contributed by atoms with van der Waals surface area (Å²) >= 11 is 1.42. The molecule has 25 heavy (non-hydrogen) atoms. The zero-order valence-corrected chi connectivity index (χ0v) is 16.3. The molecule has 0 saturated carbocycles. The fourth-order valence-electron chi connectivity index (χ4n) is 3.77. The second kappa shape index (κ2) is 7.03. The van der Waals surface area contributed by atoms with Crippen molar-refractivity contribution in [3.05, 3.63) is 15.6 Å². The number of thiazole rings is 1. The number of amides is 2. The highest BCUT2D eigenvalue weighted by molar-refractivity contribution is 7.13. The first-order valence-electron chi connectivity index (χ1n) is 9.02. The SMILES string of the molecule is Cc1nc(C)c(C(=O)N2CCOC3(CCCCN(C(C)C)C3=O)C2)s1. The Hall–Kier alpha value is -1.47. The summed E-state index contributed by atoms with van der Waals surface area (Å²) in [4.78, 5) is 34.9. The minimum absolute atomic E-state index is 0.0288. The first-order valence-corrected chi connectivity index (χ1v) is 9.84. The lowest BCUT2D eigenvalue weighted by molar-refractivity contribution is -0.169. The average Bonchev–Trinajstić information content (AvgIpc) is 2.83. The molecule has 2 saturated heterocycles. The van der Waals surface area contributed by atoms with Crippen molar-refractivity contribution in [3.8, 4) is 0 Å². The molecule has 2 amide bonds. The maximum Gasteiger partial charge on any atom is 0.266 e. The van der Waals surface area contributed by atoms with E-state index in [4.69, 9.17) is 4.74 Å². The largest absolute Gasteiger partial charge is 0.361 e. The molecule has 1 aromatic heterocycles. The number of ether oxygens (including phenoxy) is 1. The van der Waals surface area contributed by atoms with Gasteiger partial charge in [-0.25, -0.2) is 4.98 Å². The van der Waals surface area contributed by atoms with Crippen LogP contribution in [0.4, 0.5) is 0 Å². The molecule has 3 heterocycles. The molecule has 0 aliphatic carbocycles. The van der Waals surface area contributed by atoms with Crippen molar-refractivity contribution in [1.29, 1.82) is 0 Å². The lowest BCUT2D eigenvalue weighted by atomic mass is 9.93. The molecule has 6 nitrogen and oxygen atoms in total. The number of aryl methyl sites for hydroxylation is 2. The monoisotopic (exact) mass is 365 g/mol. The van der Waals surface area contributed by atoms with Crippen molar-refractivity contribution >= 4 is 23.2 Å². The van der Waals surface area contributed by atoms with Crippen molar-refractivity contribution in [2.24, 2.45) is 0 Å². The van der Waals surface area contributed by atoms with Crippen LogP contribution in [0, 0.1) is 13.8 Å².